The van der Waals surface area contributed by atoms with Crippen molar-refractivity contribution in [1.29, 1.82) is 0 Å². The molecule has 6 heteroatoms. The van der Waals surface area contributed by atoms with Crippen molar-refractivity contribution in [3.63, 3.8) is 0 Å². The number of hydrogen-bond donors (Lipinski definition) is 2. The van der Waals surface area contributed by atoms with Gasteiger partial charge in [-0.05, 0) is 32.1 Å². The van der Waals surface area contributed by atoms with E-state index in [2.05, 4.69) is 29.1 Å². The van der Waals surface area contributed by atoms with Crippen LogP contribution in [0.2, 0.25) is 0 Å². The molecule has 120 valence electrons. The van der Waals surface area contributed by atoms with Gasteiger partial charge in [-0.1, -0.05) is 13.8 Å². The summed E-state index contributed by atoms with van der Waals surface area (Å²) in [7, 11) is 1.67. The molecule has 2 unspecified atom stereocenters. The maximum atomic E-state index is 5.92. The zero-order valence-corrected chi connectivity index (χ0v) is 13.5. The van der Waals surface area contributed by atoms with Crippen molar-refractivity contribution in [2.45, 2.75) is 32.9 Å². The quantitative estimate of drug-likeness (QED) is 0.535. The summed E-state index contributed by atoms with van der Waals surface area (Å²) in [5, 5.41) is 3.11. The second kappa shape index (κ2) is 9.41. The van der Waals surface area contributed by atoms with E-state index in [0.717, 1.165) is 18.8 Å². The maximum absolute atomic E-state index is 5.92. The number of furan rings is 1. The summed E-state index contributed by atoms with van der Waals surface area (Å²) >= 11 is 0. The molecule has 0 fully saturated rings. The first kappa shape index (κ1) is 17.5. The molecule has 1 heterocycles. The molecular weight excluding hydrogens is 268 g/mol. The zero-order chi connectivity index (χ0) is 15.7. The Bertz CT molecular complexity index is 402. The number of likely N-dealkylation sites (N-methyl/N-ethyl adjacent to an activating group) is 1. The normalized spacial score (nSPS) is 15.2. The van der Waals surface area contributed by atoms with E-state index >= 15 is 0 Å². The number of nitrogens with one attached hydrogen (secondary N) is 1. The van der Waals surface area contributed by atoms with E-state index in [1.54, 1.807) is 13.4 Å². The van der Waals surface area contributed by atoms with Crippen LogP contribution in [0.3, 0.4) is 0 Å². The minimum absolute atomic E-state index is 0.105. The molecule has 2 atom stereocenters. The number of methoxy groups -OCH3 is 1. The Balaban J connectivity index is 2.69. The molecule has 0 amide bonds. The van der Waals surface area contributed by atoms with Gasteiger partial charge in [0.25, 0.3) is 0 Å². The van der Waals surface area contributed by atoms with Crippen molar-refractivity contribution >= 4 is 5.96 Å². The fraction of sp³-hybridized carbons (Fsp3) is 0.667. The number of nitrogens with zero attached hydrogens (tertiary/aromatic N) is 2. The third-order valence-electron chi connectivity index (χ3n) is 3.37. The molecule has 0 aliphatic rings. The minimum Gasteiger partial charge on any atom is -0.468 e. The van der Waals surface area contributed by atoms with Gasteiger partial charge in [0.05, 0.1) is 25.5 Å². The molecule has 21 heavy (non-hydrogen) atoms. The standard InChI is InChI=1S/C15H28N4O2/c1-5-19(6-2)13(14-8-7-9-21-14)10-17-15(16)18-12(3)11-20-4/h7-9,12-13H,5-6,10-11H2,1-4H3,(H3,16,17,18). The van der Waals surface area contributed by atoms with Crippen LogP contribution < -0.4 is 11.1 Å². The van der Waals surface area contributed by atoms with Crippen molar-refractivity contribution in [3.8, 4) is 0 Å². The van der Waals surface area contributed by atoms with Crippen molar-refractivity contribution in [2.75, 3.05) is 33.4 Å². The molecule has 0 radical (unpaired) electrons. The zero-order valence-electron chi connectivity index (χ0n) is 13.5. The highest BCUT2D eigenvalue weighted by atomic mass is 16.5. The molecule has 1 rings (SSSR count). The van der Waals surface area contributed by atoms with Gasteiger partial charge in [-0.3, -0.25) is 9.89 Å². The SMILES string of the molecule is CCN(CC)C(CN=C(N)NC(C)COC)c1ccco1. The fourth-order valence-corrected chi connectivity index (χ4v) is 2.31. The Kier molecular flexibility index (Phi) is 7.85. The van der Waals surface area contributed by atoms with Crippen LogP contribution in [0.25, 0.3) is 0 Å². The monoisotopic (exact) mass is 296 g/mol. The van der Waals surface area contributed by atoms with Gasteiger partial charge in [-0.15, -0.1) is 0 Å². The smallest absolute Gasteiger partial charge is 0.188 e. The first-order valence-corrected chi connectivity index (χ1v) is 7.45. The number of ether oxygens (including phenoxy) is 1. The highest BCUT2D eigenvalue weighted by Crippen LogP contribution is 2.21. The van der Waals surface area contributed by atoms with Gasteiger partial charge in [0.2, 0.25) is 0 Å². The average molecular weight is 296 g/mol. The molecule has 3 N–H and O–H groups in total. The Morgan fingerprint density at radius 2 is 2.19 bits per heavy atom. The third-order valence-corrected chi connectivity index (χ3v) is 3.37. The Morgan fingerprint density at radius 3 is 2.71 bits per heavy atom. The van der Waals surface area contributed by atoms with Crippen molar-refractivity contribution in [2.24, 2.45) is 10.7 Å². The lowest BCUT2D eigenvalue weighted by Crippen LogP contribution is -2.41. The van der Waals surface area contributed by atoms with Gasteiger partial charge < -0.3 is 20.2 Å². The predicted octanol–water partition coefficient (Wildman–Crippen LogP) is 1.60. The summed E-state index contributed by atoms with van der Waals surface area (Å²) in [6, 6.07) is 4.12. The van der Waals surface area contributed by atoms with Gasteiger partial charge in [0.1, 0.15) is 5.76 Å². The Labute approximate surface area is 127 Å². The van der Waals surface area contributed by atoms with Crippen LogP contribution >= 0.6 is 0 Å². The highest BCUT2D eigenvalue weighted by molar-refractivity contribution is 5.78. The van der Waals surface area contributed by atoms with Crippen LogP contribution in [-0.4, -0.2) is 50.3 Å². The summed E-state index contributed by atoms with van der Waals surface area (Å²) in [5.74, 6) is 1.35. The molecule has 0 aliphatic carbocycles. The first-order valence-electron chi connectivity index (χ1n) is 7.45. The maximum Gasteiger partial charge on any atom is 0.188 e. The molecule has 1 aromatic rings. The van der Waals surface area contributed by atoms with E-state index in [1.807, 2.05) is 19.1 Å². The molecule has 6 nitrogen and oxygen atoms in total. The molecule has 1 aromatic heterocycles. The predicted molar refractivity (Wildman–Crippen MR) is 85.3 cm³/mol. The second-order valence-electron chi connectivity index (χ2n) is 4.98. The van der Waals surface area contributed by atoms with E-state index in [9.17, 15) is 0 Å². The largest absolute Gasteiger partial charge is 0.468 e. The molecule has 0 spiro atoms. The topological polar surface area (TPSA) is 76.0 Å². The van der Waals surface area contributed by atoms with Gasteiger partial charge in [-0.25, -0.2) is 0 Å². The fourth-order valence-electron chi connectivity index (χ4n) is 2.31. The summed E-state index contributed by atoms with van der Waals surface area (Å²) in [6.07, 6.45) is 1.69. The lowest BCUT2D eigenvalue weighted by molar-refractivity contribution is 0.179. The van der Waals surface area contributed by atoms with E-state index in [1.165, 1.54) is 0 Å². The van der Waals surface area contributed by atoms with Crippen molar-refractivity contribution in [1.82, 2.24) is 10.2 Å². The Hall–Kier alpha value is -1.53. The molecule has 0 aromatic carbocycles. The lowest BCUT2D eigenvalue weighted by atomic mass is 10.2. The number of guanidine groups is 1. The van der Waals surface area contributed by atoms with Crippen LogP contribution in [0.1, 0.15) is 32.6 Å². The molecule has 0 aliphatic heterocycles. The van der Waals surface area contributed by atoms with Crippen LogP contribution in [0.5, 0.6) is 0 Å². The van der Waals surface area contributed by atoms with E-state index in [-0.39, 0.29) is 12.1 Å². The molecule has 0 saturated carbocycles. The summed E-state index contributed by atoms with van der Waals surface area (Å²) in [6.45, 7) is 9.29. The number of aliphatic imine (C=N–C) groups is 1. The highest BCUT2D eigenvalue weighted by Gasteiger charge is 2.20. The summed E-state index contributed by atoms with van der Waals surface area (Å²) < 4.78 is 10.6. The van der Waals surface area contributed by atoms with Crippen LogP contribution in [-0.2, 0) is 4.74 Å². The van der Waals surface area contributed by atoms with Crippen molar-refractivity contribution < 1.29 is 9.15 Å². The van der Waals surface area contributed by atoms with Crippen molar-refractivity contribution in [3.05, 3.63) is 24.2 Å². The Morgan fingerprint density at radius 1 is 1.48 bits per heavy atom. The van der Waals surface area contributed by atoms with Gasteiger partial charge >= 0.3 is 0 Å². The average Bonchev–Trinajstić information content (AvgIpc) is 2.97. The number of rotatable bonds is 9. The molecular formula is C15H28N4O2. The van der Waals surface area contributed by atoms with Crippen LogP contribution in [0.15, 0.2) is 27.8 Å². The van der Waals surface area contributed by atoms with E-state index in [0.29, 0.717) is 19.1 Å². The minimum atomic E-state index is 0.105. The van der Waals surface area contributed by atoms with Gasteiger partial charge in [0, 0.05) is 13.2 Å². The van der Waals surface area contributed by atoms with Gasteiger partial charge in [-0.2, -0.15) is 0 Å². The number of hydrogen-bond acceptors (Lipinski definition) is 4. The summed E-state index contributed by atoms with van der Waals surface area (Å²) in [4.78, 5) is 6.75. The summed E-state index contributed by atoms with van der Waals surface area (Å²) in [5.41, 5.74) is 5.92. The van der Waals surface area contributed by atoms with Crippen LogP contribution in [0, 0.1) is 0 Å². The lowest BCUT2D eigenvalue weighted by Gasteiger charge is -2.27. The third kappa shape index (κ3) is 5.77. The van der Waals surface area contributed by atoms with Crippen LogP contribution in [0.4, 0.5) is 0 Å². The first-order chi connectivity index (χ1) is 10.1. The van der Waals surface area contributed by atoms with E-state index < -0.39 is 0 Å². The second-order valence-corrected chi connectivity index (χ2v) is 4.98. The number of nitrogens with two attached hydrogens (primary N) is 1. The van der Waals surface area contributed by atoms with E-state index in [4.69, 9.17) is 14.9 Å². The van der Waals surface area contributed by atoms with Gasteiger partial charge in [0.15, 0.2) is 5.96 Å². The molecule has 0 bridgehead atoms. The molecule has 0 saturated heterocycles.